The van der Waals surface area contributed by atoms with E-state index in [2.05, 4.69) is 74.3 Å². The Morgan fingerprint density at radius 2 is 1.32 bits per heavy atom. The van der Waals surface area contributed by atoms with Gasteiger partial charge in [-0.2, -0.15) is 0 Å². The molecule has 0 aromatic rings. The molecule has 0 spiro atoms. The molecule has 0 heterocycles. The third kappa shape index (κ3) is 13.9. The molecule has 0 aromatic heterocycles. The van der Waals surface area contributed by atoms with Gasteiger partial charge < -0.3 is 17.0 Å². The SMILES string of the molecule is CCCC[P+](CCCC)(CCCC)C/C(C)=C\[C@H](C)C/C(C)=C/I.[Br-]. The van der Waals surface area contributed by atoms with Crippen LogP contribution in [0.25, 0.3) is 0 Å². The molecule has 0 nitrogen and oxygen atoms in total. The Hall–Kier alpha value is 1.12. The minimum atomic E-state index is -0.784. The first-order valence-electron chi connectivity index (χ1n) is 10.2. The largest absolute Gasteiger partial charge is 1.00 e. The van der Waals surface area contributed by atoms with Gasteiger partial charge in [0.05, 0.1) is 24.6 Å². The summed E-state index contributed by atoms with van der Waals surface area (Å²) in [6.07, 6.45) is 18.3. The van der Waals surface area contributed by atoms with E-state index < -0.39 is 7.26 Å². The van der Waals surface area contributed by atoms with Crippen molar-refractivity contribution in [1.82, 2.24) is 0 Å². The summed E-state index contributed by atoms with van der Waals surface area (Å²) in [5, 5.41) is 0. The van der Waals surface area contributed by atoms with Gasteiger partial charge in [-0.25, -0.2) is 0 Å². The van der Waals surface area contributed by atoms with Crippen molar-refractivity contribution in [2.45, 2.75) is 86.5 Å². The third-order valence-corrected chi connectivity index (χ3v) is 11.0. The van der Waals surface area contributed by atoms with Crippen LogP contribution in [0, 0.1) is 5.92 Å². The Bertz CT molecular complexity index is 354. The minimum Gasteiger partial charge on any atom is -1.00 e. The van der Waals surface area contributed by atoms with Crippen molar-refractivity contribution in [2.75, 3.05) is 24.6 Å². The molecule has 150 valence electrons. The van der Waals surface area contributed by atoms with Gasteiger partial charge in [-0.3, -0.25) is 0 Å². The highest BCUT2D eigenvalue weighted by Crippen LogP contribution is 2.61. The van der Waals surface area contributed by atoms with Crippen LogP contribution in [-0.4, -0.2) is 24.6 Å². The Balaban J connectivity index is 0. The van der Waals surface area contributed by atoms with Gasteiger partial charge in [0.25, 0.3) is 0 Å². The van der Waals surface area contributed by atoms with Crippen LogP contribution in [0.2, 0.25) is 0 Å². The summed E-state index contributed by atoms with van der Waals surface area (Å²) >= 11 is 2.37. The zero-order chi connectivity index (χ0) is 18.4. The molecule has 0 saturated carbocycles. The summed E-state index contributed by atoms with van der Waals surface area (Å²) in [6, 6.07) is 0. The lowest BCUT2D eigenvalue weighted by molar-refractivity contribution is -0.00000558. The molecule has 0 radical (unpaired) electrons. The van der Waals surface area contributed by atoms with E-state index in [0.717, 1.165) is 0 Å². The molecule has 0 aliphatic heterocycles. The second-order valence-corrected chi connectivity index (χ2v) is 12.8. The average Bonchev–Trinajstić information content (AvgIpc) is 2.55. The molecule has 0 saturated heterocycles. The maximum absolute atomic E-state index is 2.59. The highest BCUT2D eigenvalue weighted by Gasteiger charge is 2.35. The van der Waals surface area contributed by atoms with Crippen molar-refractivity contribution in [3.8, 4) is 0 Å². The second-order valence-electron chi connectivity index (χ2n) is 7.88. The Morgan fingerprint density at radius 1 is 0.880 bits per heavy atom. The standard InChI is InChI=1S/C22H43IP.BrH/c1-7-10-13-24(14-11-8-2,15-12-9-3)19-22(6)17-20(4)16-21(5)18-23;/h17-18,20H,7-16,19H2,1-6H3;1H/q+1;/p-1/b21-18+,22-17-;/t20-;/m1./s1. The molecular formula is C22H43BrIP. The van der Waals surface area contributed by atoms with Crippen LogP contribution in [-0.2, 0) is 0 Å². The van der Waals surface area contributed by atoms with Gasteiger partial charge in [0.2, 0.25) is 0 Å². The average molecular weight is 545 g/mol. The van der Waals surface area contributed by atoms with Crippen molar-refractivity contribution in [1.29, 1.82) is 0 Å². The lowest BCUT2D eigenvalue weighted by Crippen LogP contribution is -3.00. The third-order valence-electron chi connectivity index (χ3n) is 4.94. The predicted octanol–water partition coefficient (Wildman–Crippen LogP) is 5.72. The van der Waals surface area contributed by atoms with E-state index >= 15 is 0 Å². The number of hydrogen-bond acceptors (Lipinski definition) is 0. The zero-order valence-corrected chi connectivity index (χ0v) is 22.4. The normalized spacial score (nSPS) is 14.4. The summed E-state index contributed by atoms with van der Waals surface area (Å²) in [5.41, 5.74) is 3.19. The first-order chi connectivity index (χ1) is 11.4. The van der Waals surface area contributed by atoms with E-state index in [0.29, 0.717) is 5.92 Å². The van der Waals surface area contributed by atoms with E-state index in [1.165, 1.54) is 75.2 Å². The van der Waals surface area contributed by atoms with Crippen LogP contribution >= 0.6 is 29.9 Å². The van der Waals surface area contributed by atoms with Crippen LogP contribution in [0.4, 0.5) is 0 Å². The lowest BCUT2D eigenvalue weighted by atomic mass is 10.0. The Kier molecular flexibility index (Phi) is 19.5. The van der Waals surface area contributed by atoms with Crippen molar-refractivity contribution >= 4 is 29.9 Å². The van der Waals surface area contributed by atoms with E-state index in [-0.39, 0.29) is 17.0 Å². The van der Waals surface area contributed by atoms with Crippen molar-refractivity contribution in [2.24, 2.45) is 5.92 Å². The van der Waals surface area contributed by atoms with Crippen molar-refractivity contribution in [3.63, 3.8) is 0 Å². The molecule has 0 N–H and O–H groups in total. The summed E-state index contributed by atoms with van der Waals surface area (Å²) in [7, 11) is -0.784. The number of hydrogen-bond donors (Lipinski definition) is 0. The van der Waals surface area contributed by atoms with Crippen molar-refractivity contribution in [3.05, 3.63) is 21.3 Å². The highest BCUT2D eigenvalue weighted by molar-refractivity contribution is 14.1. The molecule has 0 aromatic carbocycles. The Morgan fingerprint density at radius 3 is 1.68 bits per heavy atom. The fourth-order valence-corrected chi connectivity index (χ4v) is 9.26. The van der Waals surface area contributed by atoms with Crippen LogP contribution in [0.1, 0.15) is 86.5 Å². The predicted molar refractivity (Wildman–Crippen MR) is 126 cm³/mol. The van der Waals surface area contributed by atoms with Crippen LogP contribution in [0.5, 0.6) is 0 Å². The molecule has 0 aliphatic rings. The number of allylic oxidation sites excluding steroid dienone is 3. The molecular weight excluding hydrogens is 502 g/mol. The van der Waals surface area contributed by atoms with Crippen LogP contribution in [0.3, 0.4) is 0 Å². The van der Waals surface area contributed by atoms with Gasteiger partial charge in [-0.1, -0.05) is 81.2 Å². The summed E-state index contributed by atoms with van der Waals surface area (Å²) in [5.74, 6) is 0.682. The molecule has 0 rings (SSSR count). The molecule has 0 amide bonds. The highest BCUT2D eigenvalue weighted by atomic mass is 127. The van der Waals surface area contributed by atoms with E-state index in [4.69, 9.17) is 0 Å². The first kappa shape index (κ1) is 28.3. The molecule has 0 unspecified atom stereocenters. The molecule has 0 aliphatic carbocycles. The lowest BCUT2D eigenvalue weighted by Gasteiger charge is -2.28. The molecule has 0 bridgehead atoms. The van der Waals surface area contributed by atoms with Gasteiger partial charge in [0.1, 0.15) is 0 Å². The fourth-order valence-electron chi connectivity index (χ4n) is 3.73. The van der Waals surface area contributed by atoms with E-state index in [9.17, 15) is 0 Å². The molecule has 0 fully saturated rings. The fraction of sp³-hybridized carbons (Fsp3) is 0.818. The monoisotopic (exact) mass is 544 g/mol. The summed E-state index contributed by atoms with van der Waals surface area (Å²) < 4.78 is 2.23. The molecule has 1 atom stereocenters. The van der Waals surface area contributed by atoms with Gasteiger partial charge in [0, 0.05) is 7.26 Å². The number of rotatable bonds is 14. The van der Waals surface area contributed by atoms with Gasteiger partial charge >= 0.3 is 0 Å². The quantitative estimate of drug-likeness (QED) is 0.149. The summed E-state index contributed by atoms with van der Waals surface area (Å²) in [6.45, 7) is 14.1. The topological polar surface area (TPSA) is 0 Å². The number of unbranched alkanes of at least 4 members (excludes halogenated alkanes) is 3. The second kappa shape index (κ2) is 17.2. The van der Waals surface area contributed by atoms with Crippen LogP contribution in [0.15, 0.2) is 21.3 Å². The van der Waals surface area contributed by atoms with Gasteiger partial charge in [0.15, 0.2) is 0 Å². The minimum absolute atomic E-state index is 0. The first-order valence-corrected chi connectivity index (χ1v) is 14.0. The van der Waals surface area contributed by atoms with Gasteiger partial charge in [-0.05, 0) is 55.1 Å². The maximum atomic E-state index is 2.59. The molecule has 3 heteroatoms. The van der Waals surface area contributed by atoms with E-state index in [1.807, 2.05) is 0 Å². The molecule has 25 heavy (non-hydrogen) atoms. The smallest absolute Gasteiger partial charge is 0.0800 e. The van der Waals surface area contributed by atoms with Crippen molar-refractivity contribution < 1.29 is 17.0 Å². The maximum Gasteiger partial charge on any atom is 0.0800 e. The van der Waals surface area contributed by atoms with Crippen LogP contribution < -0.4 is 17.0 Å². The van der Waals surface area contributed by atoms with E-state index in [1.54, 1.807) is 5.57 Å². The van der Waals surface area contributed by atoms with Gasteiger partial charge in [-0.15, -0.1) is 0 Å². The number of halogens is 2. The zero-order valence-electron chi connectivity index (χ0n) is 17.7. The Labute approximate surface area is 184 Å². The summed E-state index contributed by atoms with van der Waals surface area (Å²) in [4.78, 5) is 0.